The molecule has 0 radical (unpaired) electrons. The molecule has 1 nitrogen and oxygen atoms in total. The van der Waals surface area contributed by atoms with Crippen molar-refractivity contribution in [3.8, 4) is 0 Å². The largest absolute Gasteiger partial charge is 0.397 e. The minimum absolute atomic E-state index is 0.782. The molecule has 2 rings (SSSR count). The minimum atomic E-state index is 0.782. The van der Waals surface area contributed by atoms with Gasteiger partial charge in [-0.3, -0.25) is 0 Å². The number of hydrogen-bond donors (Lipinski definition) is 1. The van der Waals surface area contributed by atoms with Crippen LogP contribution in [0.5, 0.6) is 0 Å². The summed E-state index contributed by atoms with van der Waals surface area (Å²) in [6, 6.07) is 10.1. The molecule has 0 saturated carbocycles. The van der Waals surface area contributed by atoms with Gasteiger partial charge in [0, 0.05) is 9.86 Å². The Morgan fingerprint density at radius 2 is 1.77 bits per heavy atom. The monoisotopic (exact) mass is 299 g/mol. The molecule has 2 aromatic rings. The molecule has 0 spiro atoms. The summed E-state index contributed by atoms with van der Waals surface area (Å²) in [6.45, 7) is 0. The van der Waals surface area contributed by atoms with Gasteiger partial charge in [-0.25, -0.2) is 0 Å². The maximum absolute atomic E-state index is 5.94. The number of benzene rings is 2. The van der Waals surface area contributed by atoms with Gasteiger partial charge < -0.3 is 5.73 Å². The van der Waals surface area contributed by atoms with E-state index in [0.717, 1.165) is 25.4 Å². The molecule has 0 unspecified atom stereocenters. The third-order valence-electron chi connectivity index (χ3n) is 1.98. The Kier molecular flexibility index (Phi) is 2.30. The summed E-state index contributed by atoms with van der Waals surface area (Å²) in [5, 5.41) is 2.23. The van der Waals surface area contributed by atoms with Gasteiger partial charge in [0.1, 0.15) is 0 Å². The van der Waals surface area contributed by atoms with Crippen LogP contribution in [-0.2, 0) is 0 Å². The molecule has 0 amide bonds. The molecule has 0 bridgehead atoms. The number of anilines is 1. The van der Waals surface area contributed by atoms with Crippen molar-refractivity contribution in [2.75, 3.05) is 5.73 Å². The van der Waals surface area contributed by atoms with Gasteiger partial charge >= 0.3 is 0 Å². The third kappa shape index (κ3) is 1.46. The molecule has 0 saturated heterocycles. The van der Waals surface area contributed by atoms with Crippen molar-refractivity contribution in [3.63, 3.8) is 0 Å². The van der Waals surface area contributed by atoms with Gasteiger partial charge in [0.2, 0.25) is 0 Å². The van der Waals surface area contributed by atoms with E-state index in [1.807, 2.05) is 24.3 Å². The zero-order valence-electron chi connectivity index (χ0n) is 6.72. The van der Waals surface area contributed by atoms with Crippen LogP contribution in [0.15, 0.2) is 39.3 Å². The smallest absolute Gasteiger partial charge is 0.0553 e. The molecule has 0 aliphatic carbocycles. The van der Waals surface area contributed by atoms with Gasteiger partial charge in [0.05, 0.1) is 10.2 Å². The van der Waals surface area contributed by atoms with Crippen LogP contribution in [0.2, 0.25) is 0 Å². The molecular formula is C10H7Br2N. The summed E-state index contributed by atoms with van der Waals surface area (Å²) in [6.07, 6.45) is 0. The lowest BCUT2D eigenvalue weighted by Crippen LogP contribution is -1.89. The van der Waals surface area contributed by atoms with E-state index in [0.29, 0.717) is 0 Å². The molecule has 2 N–H and O–H groups in total. The first-order valence-corrected chi connectivity index (χ1v) is 5.41. The summed E-state index contributed by atoms with van der Waals surface area (Å²) in [5.41, 5.74) is 6.72. The fourth-order valence-electron chi connectivity index (χ4n) is 1.31. The quantitative estimate of drug-likeness (QED) is 0.733. The second-order valence-electron chi connectivity index (χ2n) is 2.81. The van der Waals surface area contributed by atoms with Crippen LogP contribution in [0.25, 0.3) is 10.8 Å². The lowest BCUT2D eigenvalue weighted by molar-refractivity contribution is 1.63. The average Bonchev–Trinajstić information content (AvgIpc) is 2.15. The predicted octanol–water partition coefficient (Wildman–Crippen LogP) is 3.95. The Bertz CT molecular complexity index is 466. The number of fused-ring (bicyclic) bond motifs is 1. The molecule has 0 aromatic heterocycles. The van der Waals surface area contributed by atoms with Gasteiger partial charge in [0.25, 0.3) is 0 Å². The number of halogens is 2. The van der Waals surface area contributed by atoms with Crippen LogP contribution < -0.4 is 5.73 Å². The van der Waals surface area contributed by atoms with E-state index in [9.17, 15) is 0 Å². The van der Waals surface area contributed by atoms with Gasteiger partial charge in [-0.2, -0.15) is 0 Å². The van der Waals surface area contributed by atoms with E-state index in [2.05, 4.69) is 37.9 Å². The Hall–Kier alpha value is -0.540. The molecule has 13 heavy (non-hydrogen) atoms. The maximum atomic E-state index is 5.94. The number of hydrogen-bond acceptors (Lipinski definition) is 1. The fraction of sp³-hybridized carbons (Fsp3) is 0. The van der Waals surface area contributed by atoms with E-state index in [4.69, 9.17) is 5.73 Å². The highest BCUT2D eigenvalue weighted by atomic mass is 79.9. The molecule has 0 heterocycles. The van der Waals surface area contributed by atoms with E-state index in [1.54, 1.807) is 0 Å². The summed E-state index contributed by atoms with van der Waals surface area (Å²) >= 11 is 6.87. The average molecular weight is 301 g/mol. The van der Waals surface area contributed by atoms with Crippen LogP contribution >= 0.6 is 31.9 Å². The molecule has 3 heteroatoms. The van der Waals surface area contributed by atoms with Crippen LogP contribution in [0, 0.1) is 0 Å². The van der Waals surface area contributed by atoms with Crippen LogP contribution in [0.3, 0.4) is 0 Å². The predicted molar refractivity (Wildman–Crippen MR) is 63.8 cm³/mol. The topological polar surface area (TPSA) is 26.0 Å². The standard InChI is InChI=1S/C10H7Br2N/c11-8-5-6-3-1-2-4-7(6)10(13)9(8)12/h1-5H,13H2. The van der Waals surface area contributed by atoms with Crippen molar-refractivity contribution in [2.24, 2.45) is 0 Å². The zero-order valence-corrected chi connectivity index (χ0v) is 9.89. The first-order valence-electron chi connectivity index (χ1n) is 3.82. The second kappa shape index (κ2) is 3.31. The van der Waals surface area contributed by atoms with Crippen molar-refractivity contribution in [1.29, 1.82) is 0 Å². The summed E-state index contributed by atoms with van der Waals surface area (Å²) in [7, 11) is 0. The summed E-state index contributed by atoms with van der Waals surface area (Å²) in [5.74, 6) is 0. The Labute approximate surface area is 93.2 Å². The third-order valence-corrected chi connectivity index (χ3v) is 3.99. The molecule has 0 aliphatic heterocycles. The Morgan fingerprint density at radius 3 is 2.54 bits per heavy atom. The van der Waals surface area contributed by atoms with E-state index in [-0.39, 0.29) is 0 Å². The second-order valence-corrected chi connectivity index (χ2v) is 4.45. The highest BCUT2D eigenvalue weighted by Crippen LogP contribution is 2.35. The van der Waals surface area contributed by atoms with Crippen LogP contribution in [0.1, 0.15) is 0 Å². The van der Waals surface area contributed by atoms with Gasteiger partial charge in [-0.1, -0.05) is 24.3 Å². The molecule has 0 aliphatic rings. The molecule has 0 atom stereocenters. The van der Waals surface area contributed by atoms with Crippen molar-refractivity contribution in [2.45, 2.75) is 0 Å². The first kappa shape index (κ1) is 9.03. The number of rotatable bonds is 0. The minimum Gasteiger partial charge on any atom is -0.397 e. The van der Waals surface area contributed by atoms with Crippen molar-refractivity contribution in [3.05, 3.63) is 39.3 Å². The lowest BCUT2D eigenvalue weighted by Gasteiger charge is -2.05. The molecule has 2 aromatic carbocycles. The lowest BCUT2D eigenvalue weighted by atomic mass is 10.1. The maximum Gasteiger partial charge on any atom is 0.0553 e. The van der Waals surface area contributed by atoms with Crippen molar-refractivity contribution >= 4 is 48.3 Å². The normalized spacial score (nSPS) is 10.6. The SMILES string of the molecule is Nc1c(Br)c(Br)cc2ccccc12. The molecule has 0 fully saturated rings. The Balaban J connectivity index is 2.94. The Morgan fingerprint density at radius 1 is 1.08 bits per heavy atom. The summed E-state index contributed by atoms with van der Waals surface area (Å²) < 4.78 is 1.91. The van der Waals surface area contributed by atoms with E-state index < -0.39 is 0 Å². The zero-order chi connectivity index (χ0) is 9.42. The van der Waals surface area contributed by atoms with Crippen LogP contribution in [-0.4, -0.2) is 0 Å². The molecule has 66 valence electrons. The van der Waals surface area contributed by atoms with Gasteiger partial charge in [-0.15, -0.1) is 0 Å². The van der Waals surface area contributed by atoms with Gasteiger partial charge in [0.15, 0.2) is 0 Å². The number of nitrogen functional groups attached to an aromatic ring is 1. The summed E-state index contributed by atoms with van der Waals surface area (Å²) in [4.78, 5) is 0. The highest BCUT2D eigenvalue weighted by molar-refractivity contribution is 9.13. The van der Waals surface area contributed by atoms with E-state index in [1.165, 1.54) is 0 Å². The van der Waals surface area contributed by atoms with Gasteiger partial charge in [-0.05, 0) is 43.3 Å². The fourth-order valence-corrected chi connectivity index (χ4v) is 2.10. The first-order chi connectivity index (χ1) is 6.20. The van der Waals surface area contributed by atoms with E-state index >= 15 is 0 Å². The highest BCUT2D eigenvalue weighted by Gasteiger charge is 2.05. The molecular weight excluding hydrogens is 294 g/mol. The van der Waals surface area contributed by atoms with Crippen molar-refractivity contribution in [1.82, 2.24) is 0 Å². The van der Waals surface area contributed by atoms with Crippen molar-refractivity contribution < 1.29 is 0 Å². The van der Waals surface area contributed by atoms with Crippen LogP contribution in [0.4, 0.5) is 5.69 Å². The number of nitrogens with two attached hydrogens (primary N) is 1.